The van der Waals surface area contributed by atoms with E-state index in [-0.39, 0.29) is 12.3 Å². The molecular formula is C14H22NO2PS2. The van der Waals surface area contributed by atoms with E-state index in [0.29, 0.717) is 6.16 Å². The Bertz CT molecular complexity index is 443. The van der Waals surface area contributed by atoms with E-state index in [1.165, 1.54) is 11.4 Å². The number of thiocarbonyl (C=S) groups is 1. The van der Waals surface area contributed by atoms with Crippen molar-refractivity contribution in [3.63, 3.8) is 0 Å². The molecule has 0 aromatic rings. The first-order valence-corrected chi connectivity index (χ1v) is 11.2. The number of hydrogen-bond donors (Lipinski definition) is 1. The molecule has 0 aromatic heterocycles. The van der Waals surface area contributed by atoms with Gasteiger partial charge in [-0.3, -0.25) is 0 Å². The van der Waals surface area contributed by atoms with Crippen LogP contribution in [-0.2, 0) is 4.79 Å². The van der Waals surface area contributed by atoms with Crippen molar-refractivity contribution in [1.82, 2.24) is 0 Å². The molecule has 20 heavy (non-hydrogen) atoms. The van der Waals surface area contributed by atoms with Crippen LogP contribution in [0.15, 0.2) is 24.3 Å². The molecule has 0 heterocycles. The molecule has 0 spiro atoms. The van der Waals surface area contributed by atoms with Crippen LogP contribution in [0.1, 0.15) is 26.7 Å². The summed E-state index contributed by atoms with van der Waals surface area (Å²) in [6.07, 6.45) is 9.46. The summed E-state index contributed by atoms with van der Waals surface area (Å²) in [5.74, 6) is 1.55. The van der Waals surface area contributed by atoms with Gasteiger partial charge in [0.15, 0.2) is 0 Å². The fourth-order valence-electron chi connectivity index (χ4n) is 1.31. The number of rotatable bonds is 8. The molecule has 0 saturated heterocycles. The van der Waals surface area contributed by atoms with Crippen LogP contribution < -0.4 is 0 Å². The first-order valence-electron chi connectivity index (χ1n) is 6.54. The van der Waals surface area contributed by atoms with Gasteiger partial charge in [0.2, 0.25) is 0 Å². The number of hydrogen-bond acceptors (Lipinski definition) is 4. The molecule has 0 bridgehead atoms. The van der Waals surface area contributed by atoms with E-state index in [2.05, 4.69) is 18.8 Å². The first-order chi connectivity index (χ1) is 9.34. The van der Waals surface area contributed by atoms with Crippen LogP contribution in [0.2, 0.25) is 0 Å². The van der Waals surface area contributed by atoms with Gasteiger partial charge in [-0.2, -0.15) is 0 Å². The number of aliphatic carboxylic acids is 1. The van der Waals surface area contributed by atoms with Crippen LogP contribution in [0.25, 0.3) is 0 Å². The molecule has 112 valence electrons. The topological polar surface area (TPSA) is 61.1 Å². The second-order valence-corrected chi connectivity index (χ2v) is 12.5. The first kappa shape index (κ1) is 19.3. The van der Waals surface area contributed by atoms with Crippen molar-refractivity contribution in [2.45, 2.75) is 26.7 Å². The summed E-state index contributed by atoms with van der Waals surface area (Å²) in [7, 11) is 0. The minimum absolute atomic E-state index is 0.0371. The third kappa shape index (κ3) is 8.47. The van der Waals surface area contributed by atoms with Crippen molar-refractivity contribution in [3.05, 3.63) is 24.3 Å². The van der Waals surface area contributed by atoms with E-state index < -0.39 is 12.4 Å². The van der Waals surface area contributed by atoms with Gasteiger partial charge in [0.1, 0.15) is 0 Å². The molecule has 0 aliphatic rings. The Morgan fingerprint density at radius 1 is 1.55 bits per heavy atom. The summed E-state index contributed by atoms with van der Waals surface area (Å²) in [5.41, 5.74) is 0. The van der Waals surface area contributed by atoms with E-state index in [9.17, 15) is 10.1 Å². The van der Waals surface area contributed by atoms with E-state index in [1.807, 2.05) is 31.8 Å². The Kier molecular flexibility index (Phi) is 9.75. The normalized spacial score (nSPS) is 14.3. The Hall–Kier alpha value is -0.690. The Balaban J connectivity index is 4.54. The number of nitrogens with zero attached hydrogens (tertiary/aromatic N) is 1. The second-order valence-electron chi connectivity index (χ2n) is 4.67. The van der Waals surface area contributed by atoms with Crippen LogP contribution in [0.5, 0.6) is 0 Å². The van der Waals surface area contributed by atoms with Crippen molar-refractivity contribution in [3.8, 4) is 5.81 Å². The number of carboxylic acid groups (broad SMARTS) is 1. The van der Waals surface area contributed by atoms with Gasteiger partial charge in [-0.05, 0) is 0 Å². The molecular weight excluding hydrogens is 309 g/mol. The van der Waals surface area contributed by atoms with Gasteiger partial charge in [-0.25, -0.2) is 0 Å². The third-order valence-electron chi connectivity index (χ3n) is 2.63. The fraction of sp³-hybridized carbons (Fsp3) is 0.500. The number of carboxylic acids is 1. The minimum atomic E-state index is -2.32. The molecule has 0 saturated carbocycles. The maximum atomic E-state index is 10.6. The van der Waals surface area contributed by atoms with Crippen molar-refractivity contribution in [2.75, 3.05) is 12.8 Å². The molecule has 0 aliphatic carbocycles. The van der Waals surface area contributed by atoms with Crippen LogP contribution in [0, 0.1) is 17.0 Å². The molecule has 0 fully saturated rings. The van der Waals surface area contributed by atoms with Crippen LogP contribution in [0.3, 0.4) is 0 Å². The van der Waals surface area contributed by atoms with Gasteiger partial charge in [0.25, 0.3) is 0 Å². The van der Waals surface area contributed by atoms with Crippen molar-refractivity contribution in [1.29, 1.82) is 5.26 Å². The van der Waals surface area contributed by atoms with E-state index >= 15 is 0 Å². The molecule has 0 radical (unpaired) electrons. The molecule has 0 rings (SSSR count). The second kappa shape index (κ2) is 10.1. The summed E-state index contributed by atoms with van der Waals surface area (Å²) < 4.78 is 0.771. The van der Waals surface area contributed by atoms with Gasteiger partial charge in [-0.15, -0.1) is 0 Å². The van der Waals surface area contributed by atoms with Crippen molar-refractivity contribution >= 4 is 40.2 Å². The Morgan fingerprint density at radius 2 is 2.20 bits per heavy atom. The predicted octanol–water partition coefficient (Wildman–Crippen LogP) is 4.46. The summed E-state index contributed by atoms with van der Waals surface area (Å²) >= 11 is 6.80. The Labute approximate surface area is 131 Å². The molecule has 1 N–H and O–H groups in total. The van der Waals surface area contributed by atoms with Crippen molar-refractivity contribution in [2.24, 2.45) is 5.92 Å². The summed E-state index contributed by atoms with van der Waals surface area (Å²) in [5, 5.41) is 18.0. The maximum absolute atomic E-state index is 10.6. The molecule has 3 nitrogen and oxygen atoms in total. The van der Waals surface area contributed by atoms with Gasteiger partial charge in [-0.1, -0.05) is 0 Å². The SMILES string of the molecule is CC/C=C\C=C/C(C)C(=S)S[PH](C)(C#N)CCC(=O)O. The summed E-state index contributed by atoms with van der Waals surface area (Å²) in [6, 6.07) is 0. The third-order valence-corrected chi connectivity index (χ3v) is 9.30. The average molecular weight is 331 g/mol. The van der Waals surface area contributed by atoms with Gasteiger partial charge in [0, 0.05) is 0 Å². The van der Waals surface area contributed by atoms with Crippen molar-refractivity contribution < 1.29 is 9.90 Å². The van der Waals surface area contributed by atoms with E-state index in [0.717, 1.165) is 10.6 Å². The molecule has 1 atom stereocenters. The summed E-state index contributed by atoms with van der Waals surface area (Å²) in [4.78, 5) is 10.6. The Morgan fingerprint density at radius 3 is 2.70 bits per heavy atom. The number of allylic oxidation sites excluding steroid dienone is 4. The zero-order valence-corrected chi connectivity index (χ0v) is 14.8. The average Bonchev–Trinajstić information content (AvgIpc) is 2.41. The summed E-state index contributed by atoms with van der Waals surface area (Å²) in [6.45, 7) is 3.62. The molecule has 1 unspecified atom stereocenters. The van der Waals surface area contributed by atoms with E-state index in [1.54, 1.807) is 0 Å². The standard InChI is InChI=1S/C14H22NO2PS2/c1-4-5-6-7-8-12(2)14(19)20-18(3,11-15)10-9-13(16)17/h5-8,12,18H,4,9-10H2,1-3H3,(H,16,17)/b6-5-,8-7-. The van der Waals surface area contributed by atoms with Crippen LogP contribution in [-0.4, -0.2) is 28.1 Å². The number of nitriles is 1. The van der Waals surface area contributed by atoms with Gasteiger partial charge >= 0.3 is 131 Å². The molecule has 0 aliphatic heterocycles. The molecule has 0 amide bonds. The predicted molar refractivity (Wildman–Crippen MR) is 94.9 cm³/mol. The monoisotopic (exact) mass is 331 g/mol. The van der Waals surface area contributed by atoms with Gasteiger partial charge in [0.05, 0.1) is 0 Å². The fourth-order valence-corrected chi connectivity index (χ4v) is 7.35. The molecule has 0 aromatic carbocycles. The zero-order valence-electron chi connectivity index (χ0n) is 12.1. The quantitative estimate of drug-likeness (QED) is 0.404. The van der Waals surface area contributed by atoms with Crippen LogP contribution >= 0.6 is 30.1 Å². The van der Waals surface area contributed by atoms with Crippen LogP contribution in [0.4, 0.5) is 0 Å². The zero-order chi connectivity index (χ0) is 15.6. The van der Waals surface area contributed by atoms with Gasteiger partial charge < -0.3 is 0 Å². The molecule has 6 heteroatoms. The van der Waals surface area contributed by atoms with E-state index in [4.69, 9.17) is 17.3 Å². The number of carbonyl (C=O) groups is 1.